The predicted molar refractivity (Wildman–Crippen MR) is 91.2 cm³/mol. The van der Waals surface area contributed by atoms with Gasteiger partial charge in [0.05, 0.1) is 0 Å². The van der Waals surface area contributed by atoms with Crippen molar-refractivity contribution in [3.8, 4) is 0 Å². The fourth-order valence-corrected chi connectivity index (χ4v) is 2.65. The minimum Gasteiger partial charge on any atom is -0.402 e. The Hall–Kier alpha value is -1.66. The van der Waals surface area contributed by atoms with Crippen LogP contribution >= 0.6 is 34.2 Å². The minimum atomic E-state index is -0.455. The molecule has 0 amide bonds. The molecule has 2 aromatic carbocycles. The van der Waals surface area contributed by atoms with Crippen molar-refractivity contribution in [3.63, 3.8) is 0 Å². The highest BCUT2D eigenvalue weighted by Gasteiger charge is 2.24. The summed E-state index contributed by atoms with van der Waals surface area (Å²) < 4.78 is 6.28. The van der Waals surface area contributed by atoms with E-state index in [1.54, 1.807) is 18.2 Å². The Kier molecular flexibility index (Phi) is 4.07. The third-order valence-corrected chi connectivity index (χ3v) is 3.75. The number of hydrogen-bond donors (Lipinski definition) is 0. The van der Waals surface area contributed by atoms with Crippen LogP contribution in [0.25, 0.3) is 6.08 Å². The largest absolute Gasteiger partial charge is 0.402 e. The van der Waals surface area contributed by atoms with E-state index in [1.165, 1.54) is 0 Å². The zero-order valence-corrected chi connectivity index (χ0v) is 13.6. The summed E-state index contributed by atoms with van der Waals surface area (Å²) in [5.74, 6) is -0.129. The minimum absolute atomic E-state index is 0.270. The van der Waals surface area contributed by atoms with Gasteiger partial charge in [0, 0.05) is 14.2 Å². The van der Waals surface area contributed by atoms with Crippen LogP contribution in [0.1, 0.15) is 11.1 Å². The van der Waals surface area contributed by atoms with Crippen LogP contribution < -0.4 is 0 Å². The smallest absolute Gasteiger partial charge is 0.363 e. The van der Waals surface area contributed by atoms with Gasteiger partial charge in [-0.2, -0.15) is 0 Å². The van der Waals surface area contributed by atoms with Crippen molar-refractivity contribution in [1.82, 2.24) is 0 Å². The second-order valence-electron chi connectivity index (χ2n) is 4.40. The zero-order valence-electron chi connectivity index (χ0n) is 10.7. The molecule has 0 radical (unpaired) electrons. The Balaban J connectivity index is 1.95. The second kappa shape index (κ2) is 5.99. The van der Waals surface area contributed by atoms with Crippen molar-refractivity contribution < 1.29 is 9.53 Å². The van der Waals surface area contributed by atoms with Crippen LogP contribution in [0.15, 0.2) is 59.2 Å². The number of hydrogen-bond acceptors (Lipinski definition) is 3. The van der Waals surface area contributed by atoms with Gasteiger partial charge < -0.3 is 4.74 Å². The van der Waals surface area contributed by atoms with Gasteiger partial charge in [0.1, 0.15) is 0 Å². The molecule has 5 heteroatoms. The van der Waals surface area contributed by atoms with Gasteiger partial charge in [-0.15, -0.1) is 0 Å². The summed E-state index contributed by atoms with van der Waals surface area (Å²) in [6.07, 6.45) is 1.66. The molecular weight excluding hydrogens is 401 g/mol. The van der Waals surface area contributed by atoms with Crippen LogP contribution in [0, 0.1) is 3.57 Å². The van der Waals surface area contributed by atoms with Crippen LogP contribution in [0.3, 0.4) is 0 Å². The SMILES string of the molecule is O=C1OC(c2cccc(I)c2)=N/C1=C/c1cccc(Cl)c1. The number of aliphatic imine (C=N–C) groups is 1. The molecule has 0 bridgehead atoms. The van der Waals surface area contributed by atoms with Crippen molar-refractivity contribution >= 4 is 52.1 Å². The van der Waals surface area contributed by atoms with E-state index in [0.29, 0.717) is 10.9 Å². The predicted octanol–water partition coefficient (Wildman–Crippen LogP) is 4.29. The molecule has 0 atom stereocenters. The highest BCUT2D eigenvalue weighted by molar-refractivity contribution is 14.1. The molecule has 1 aliphatic rings. The lowest BCUT2D eigenvalue weighted by Crippen LogP contribution is -2.05. The summed E-state index contributed by atoms with van der Waals surface area (Å²) in [4.78, 5) is 16.2. The number of ether oxygens (including phenoxy) is 1. The van der Waals surface area contributed by atoms with Crippen molar-refractivity contribution in [3.05, 3.63) is 73.9 Å². The molecule has 0 N–H and O–H groups in total. The summed E-state index contributed by atoms with van der Waals surface area (Å²) in [5.41, 5.74) is 1.86. The van der Waals surface area contributed by atoms with Gasteiger partial charge >= 0.3 is 5.97 Å². The van der Waals surface area contributed by atoms with Gasteiger partial charge in [-0.25, -0.2) is 9.79 Å². The maximum atomic E-state index is 11.9. The summed E-state index contributed by atoms with van der Waals surface area (Å²) in [7, 11) is 0. The van der Waals surface area contributed by atoms with Crippen molar-refractivity contribution in [2.45, 2.75) is 0 Å². The van der Waals surface area contributed by atoms with E-state index < -0.39 is 5.97 Å². The molecule has 2 aromatic rings. The van der Waals surface area contributed by atoms with E-state index in [-0.39, 0.29) is 5.70 Å². The maximum Gasteiger partial charge on any atom is 0.363 e. The Morgan fingerprint density at radius 1 is 1.14 bits per heavy atom. The van der Waals surface area contributed by atoms with E-state index in [0.717, 1.165) is 14.7 Å². The topological polar surface area (TPSA) is 38.7 Å². The van der Waals surface area contributed by atoms with Gasteiger partial charge in [0.2, 0.25) is 5.90 Å². The molecule has 1 heterocycles. The van der Waals surface area contributed by atoms with Crippen molar-refractivity contribution in [2.75, 3.05) is 0 Å². The van der Waals surface area contributed by atoms with Crippen LogP contribution in [0.4, 0.5) is 0 Å². The number of rotatable bonds is 2. The van der Waals surface area contributed by atoms with E-state index >= 15 is 0 Å². The summed E-state index contributed by atoms with van der Waals surface area (Å²) in [6, 6.07) is 14.8. The van der Waals surface area contributed by atoms with Crippen molar-refractivity contribution in [1.29, 1.82) is 0 Å². The lowest BCUT2D eigenvalue weighted by Gasteiger charge is -1.99. The number of benzene rings is 2. The quantitative estimate of drug-likeness (QED) is 0.422. The highest BCUT2D eigenvalue weighted by atomic mass is 127. The third-order valence-electron chi connectivity index (χ3n) is 2.84. The molecular formula is C16H9ClINO2. The standard InChI is InChI=1S/C16H9ClINO2/c17-12-5-1-3-10(7-12)8-14-16(20)21-15(19-14)11-4-2-6-13(18)9-11/h1-9H/b14-8+. The fraction of sp³-hybridized carbons (Fsp3) is 0. The average Bonchev–Trinajstić information content (AvgIpc) is 2.80. The molecule has 0 saturated heterocycles. The van der Waals surface area contributed by atoms with Crippen LogP contribution in [-0.4, -0.2) is 11.9 Å². The van der Waals surface area contributed by atoms with Crippen LogP contribution in [0.2, 0.25) is 5.02 Å². The maximum absolute atomic E-state index is 11.9. The van der Waals surface area contributed by atoms with Gasteiger partial charge in [0.25, 0.3) is 0 Å². The molecule has 0 aromatic heterocycles. The van der Waals surface area contributed by atoms with Crippen LogP contribution in [-0.2, 0) is 9.53 Å². The molecule has 104 valence electrons. The molecule has 0 unspecified atom stereocenters. The number of halogens is 2. The van der Waals surface area contributed by atoms with E-state index in [4.69, 9.17) is 16.3 Å². The lowest BCUT2D eigenvalue weighted by molar-refractivity contribution is -0.129. The number of esters is 1. The Morgan fingerprint density at radius 2 is 1.95 bits per heavy atom. The van der Waals surface area contributed by atoms with E-state index in [1.807, 2.05) is 36.4 Å². The summed E-state index contributed by atoms with van der Waals surface area (Å²) in [6.45, 7) is 0. The Labute approximate surface area is 140 Å². The van der Waals surface area contributed by atoms with E-state index in [9.17, 15) is 4.79 Å². The lowest BCUT2D eigenvalue weighted by atomic mass is 10.2. The molecule has 3 nitrogen and oxygen atoms in total. The first-order valence-corrected chi connectivity index (χ1v) is 7.61. The highest BCUT2D eigenvalue weighted by Crippen LogP contribution is 2.21. The first-order valence-electron chi connectivity index (χ1n) is 6.16. The summed E-state index contributed by atoms with van der Waals surface area (Å²) in [5, 5.41) is 0.609. The fourth-order valence-electron chi connectivity index (χ4n) is 1.91. The Bertz CT molecular complexity index is 783. The molecule has 1 aliphatic heterocycles. The number of cyclic esters (lactones) is 1. The molecule has 0 fully saturated rings. The molecule has 3 rings (SSSR count). The number of nitrogens with zero attached hydrogens (tertiary/aromatic N) is 1. The monoisotopic (exact) mass is 409 g/mol. The van der Waals surface area contributed by atoms with Gasteiger partial charge in [-0.3, -0.25) is 0 Å². The average molecular weight is 410 g/mol. The zero-order chi connectivity index (χ0) is 14.8. The first-order chi connectivity index (χ1) is 10.1. The van der Waals surface area contributed by atoms with Crippen molar-refractivity contribution in [2.24, 2.45) is 4.99 Å². The Morgan fingerprint density at radius 3 is 2.71 bits per heavy atom. The first kappa shape index (κ1) is 14.3. The number of carbonyl (C=O) groups excluding carboxylic acids is 1. The molecule has 0 aliphatic carbocycles. The van der Waals surface area contributed by atoms with Gasteiger partial charge in [0.15, 0.2) is 5.70 Å². The van der Waals surface area contributed by atoms with Gasteiger partial charge in [-0.1, -0.05) is 29.8 Å². The van der Waals surface area contributed by atoms with Gasteiger partial charge in [-0.05, 0) is 64.6 Å². The molecule has 21 heavy (non-hydrogen) atoms. The summed E-state index contributed by atoms with van der Waals surface area (Å²) >= 11 is 8.13. The van der Waals surface area contributed by atoms with E-state index in [2.05, 4.69) is 27.6 Å². The number of carbonyl (C=O) groups is 1. The third kappa shape index (κ3) is 3.33. The molecule has 0 spiro atoms. The van der Waals surface area contributed by atoms with Crippen LogP contribution in [0.5, 0.6) is 0 Å². The normalized spacial score (nSPS) is 16.0. The second-order valence-corrected chi connectivity index (χ2v) is 6.08. The molecule has 0 saturated carbocycles.